The molecule has 1 aromatic carbocycles. The summed E-state index contributed by atoms with van der Waals surface area (Å²) in [7, 11) is 0. The zero-order chi connectivity index (χ0) is 19.2. The van der Waals surface area contributed by atoms with Gasteiger partial charge in [0.25, 0.3) is 0 Å². The Balaban J connectivity index is 1.94. The first-order valence-electron chi connectivity index (χ1n) is 8.57. The highest BCUT2D eigenvalue weighted by molar-refractivity contribution is 5.85. The van der Waals surface area contributed by atoms with Crippen LogP contribution in [-0.4, -0.2) is 24.5 Å². The second-order valence-electron chi connectivity index (χ2n) is 7.32. The molecule has 4 rings (SSSR count). The first-order chi connectivity index (χ1) is 12.8. The van der Waals surface area contributed by atoms with Gasteiger partial charge in [-0.25, -0.2) is 19.9 Å². The molecule has 0 saturated heterocycles. The van der Waals surface area contributed by atoms with Gasteiger partial charge in [-0.1, -0.05) is 12.1 Å². The molecular weight excluding hydrogens is 343 g/mol. The lowest BCUT2D eigenvalue weighted by Crippen LogP contribution is -2.22. The zero-order valence-electron chi connectivity index (χ0n) is 15.3. The van der Waals surface area contributed by atoms with Gasteiger partial charge >= 0.3 is 0 Å². The molecule has 6 nitrogen and oxygen atoms in total. The molecule has 0 aliphatic carbocycles. The number of hydrogen-bond donors (Lipinski definition) is 1. The van der Waals surface area contributed by atoms with Crippen molar-refractivity contribution in [3.8, 4) is 22.6 Å². The molecule has 2 N–H and O–H groups in total. The first kappa shape index (κ1) is 17.1. The highest BCUT2D eigenvalue weighted by atomic mass is 19.1. The fourth-order valence-corrected chi connectivity index (χ4v) is 3.13. The number of halogens is 1. The van der Waals surface area contributed by atoms with Crippen LogP contribution in [0.15, 0.2) is 48.8 Å². The van der Waals surface area contributed by atoms with Gasteiger partial charge in [-0.2, -0.15) is 4.39 Å². The minimum absolute atomic E-state index is 0.233. The van der Waals surface area contributed by atoms with Crippen LogP contribution in [0.3, 0.4) is 0 Å². The molecular formula is C20H19FN6. The van der Waals surface area contributed by atoms with Gasteiger partial charge in [0.05, 0.1) is 11.0 Å². The predicted molar refractivity (Wildman–Crippen MR) is 103 cm³/mol. The highest BCUT2D eigenvalue weighted by Crippen LogP contribution is 2.32. The average Bonchev–Trinajstić information content (AvgIpc) is 3.01. The summed E-state index contributed by atoms with van der Waals surface area (Å²) in [5, 5.41) is 0. The second-order valence-corrected chi connectivity index (χ2v) is 7.32. The minimum atomic E-state index is -0.528. The quantitative estimate of drug-likeness (QED) is 0.544. The van der Waals surface area contributed by atoms with Crippen LogP contribution in [0.1, 0.15) is 20.8 Å². The molecule has 0 atom stereocenters. The lowest BCUT2D eigenvalue weighted by Gasteiger charge is -2.24. The Morgan fingerprint density at radius 2 is 1.70 bits per heavy atom. The van der Waals surface area contributed by atoms with Crippen LogP contribution >= 0.6 is 0 Å². The number of fused-ring (bicyclic) bond motifs is 1. The molecule has 0 aliphatic rings. The molecule has 0 aliphatic heterocycles. The number of imidazole rings is 1. The highest BCUT2D eigenvalue weighted by Gasteiger charge is 2.23. The number of benzene rings is 1. The Bertz CT molecular complexity index is 1130. The zero-order valence-corrected chi connectivity index (χ0v) is 15.3. The normalized spacial score (nSPS) is 11.9. The molecule has 4 aromatic rings. The number of hydrogen-bond acceptors (Lipinski definition) is 5. The van der Waals surface area contributed by atoms with E-state index in [9.17, 15) is 4.39 Å². The van der Waals surface area contributed by atoms with Crippen molar-refractivity contribution in [2.75, 3.05) is 5.73 Å². The van der Waals surface area contributed by atoms with Crippen molar-refractivity contribution < 1.29 is 4.39 Å². The fourth-order valence-electron chi connectivity index (χ4n) is 3.13. The summed E-state index contributed by atoms with van der Waals surface area (Å²) in [5.74, 6) is 0.332. The smallest absolute Gasteiger partial charge is 0.219 e. The molecule has 0 bridgehead atoms. The van der Waals surface area contributed by atoms with Crippen molar-refractivity contribution in [1.82, 2.24) is 24.5 Å². The van der Waals surface area contributed by atoms with Crippen molar-refractivity contribution in [1.29, 1.82) is 0 Å². The van der Waals surface area contributed by atoms with Crippen LogP contribution in [0, 0.1) is 5.95 Å². The number of nitrogens with two attached hydrogens (primary N) is 1. The van der Waals surface area contributed by atoms with Crippen LogP contribution in [0.25, 0.3) is 33.7 Å². The minimum Gasteiger partial charge on any atom is -0.368 e. The van der Waals surface area contributed by atoms with E-state index >= 15 is 0 Å². The SMILES string of the molecule is CC(C)(C)n1c(-c2cccc(F)n2)nc2cc(-c3cnc(N)nc3)ccc21. The van der Waals surface area contributed by atoms with Gasteiger partial charge in [-0.15, -0.1) is 0 Å². The summed E-state index contributed by atoms with van der Waals surface area (Å²) >= 11 is 0. The van der Waals surface area contributed by atoms with Crippen molar-refractivity contribution in [3.63, 3.8) is 0 Å². The topological polar surface area (TPSA) is 82.5 Å². The standard InChI is InChI=1S/C20H19FN6/c1-20(2,3)27-16-8-7-12(13-10-23-19(22)24-11-13)9-15(16)26-18(27)14-5-4-6-17(21)25-14/h4-11H,1-3H3,(H2,22,23,24). The Hall–Kier alpha value is -3.35. The molecule has 3 heterocycles. The molecule has 0 spiro atoms. The van der Waals surface area contributed by atoms with E-state index in [4.69, 9.17) is 10.7 Å². The van der Waals surface area contributed by atoms with Gasteiger partial charge in [0.15, 0.2) is 5.82 Å². The van der Waals surface area contributed by atoms with E-state index < -0.39 is 5.95 Å². The third kappa shape index (κ3) is 3.12. The van der Waals surface area contributed by atoms with Gasteiger partial charge in [0, 0.05) is 23.5 Å². The van der Waals surface area contributed by atoms with Crippen molar-refractivity contribution in [3.05, 3.63) is 54.7 Å². The van der Waals surface area contributed by atoms with Crippen molar-refractivity contribution in [2.24, 2.45) is 0 Å². The summed E-state index contributed by atoms with van der Waals surface area (Å²) in [6.07, 6.45) is 3.36. The van der Waals surface area contributed by atoms with E-state index in [-0.39, 0.29) is 11.5 Å². The van der Waals surface area contributed by atoms with E-state index in [1.54, 1.807) is 24.5 Å². The van der Waals surface area contributed by atoms with Gasteiger partial charge < -0.3 is 10.3 Å². The van der Waals surface area contributed by atoms with Crippen LogP contribution in [-0.2, 0) is 5.54 Å². The van der Waals surface area contributed by atoms with Crippen LogP contribution in [0.2, 0.25) is 0 Å². The molecule has 0 saturated carbocycles. The Morgan fingerprint density at radius 1 is 0.963 bits per heavy atom. The Labute approximate surface area is 155 Å². The van der Waals surface area contributed by atoms with Gasteiger partial charge in [-0.05, 0) is 50.6 Å². The summed E-state index contributed by atoms with van der Waals surface area (Å²) in [5.41, 5.74) is 9.33. The summed E-state index contributed by atoms with van der Waals surface area (Å²) in [6, 6.07) is 10.7. The van der Waals surface area contributed by atoms with Crippen molar-refractivity contribution >= 4 is 17.0 Å². The van der Waals surface area contributed by atoms with Gasteiger partial charge in [0.1, 0.15) is 5.69 Å². The number of nitrogens with zero attached hydrogens (tertiary/aromatic N) is 5. The number of anilines is 1. The molecule has 136 valence electrons. The van der Waals surface area contributed by atoms with Crippen LogP contribution in [0.4, 0.5) is 10.3 Å². The monoisotopic (exact) mass is 362 g/mol. The summed E-state index contributed by atoms with van der Waals surface area (Å²) < 4.78 is 15.8. The first-order valence-corrected chi connectivity index (χ1v) is 8.57. The number of nitrogen functional groups attached to an aromatic ring is 1. The molecule has 27 heavy (non-hydrogen) atoms. The molecule has 0 unspecified atom stereocenters. The summed E-state index contributed by atoms with van der Waals surface area (Å²) in [4.78, 5) is 16.9. The summed E-state index contributed by atoms with van der Waals surface area (Å²) in [6.45, 7) is 6.25. The van der Waals surface area contributed by atoms with E-state index in [1.807, 2.05) is 18.2 Å². The maximum atomic E-state index is 13.7. The predicted octanol–water partition coefficient (Wildman–Crippen LogP) is 4.03. The van der Waals surface area contributed by atoms with E-state index in [2.05, 4.69) is 40.3 Å². The second kappa shape index (κ2) is 6.12. The van der Waals surface area contributed by atoms with Crippen molar-refractivity contribution in [2.45, 2.75) is 26.3 Å². The lowest BCUT2D eigenvalue weighted by molar-refractivity contribution is 0.412. The largest absolute Gasteiger partial charge is 0.368 e. The molecule has 0 radical (unpaired) electrons. The molecule has 3 aromatic heterocycles. The number of rotatable bonds is 2. The van der Waals surface area contributed by atoms with Crippen LogP contribution < -0.4 is 5.73 Å². The van der Waals surface area contributed by atoms with E-state index in [0.29, 0.717) is 11.5 Å². The lowest BCUT2D eigenvalue weighted by atomic mass is 10.1. The molecule has 7 heteroatoms. The third-order valence-electron chi connectivity index (χ3n) is 4.27. The van der Waals surface area contributed by atoms with E-state index in [0.717, 1.165) is 22.2 Å². The average molecular weight is 362 g/mol. The maximum Gasteiger partial charge on any atom is 0.219 e. The number of aromatic nitrogens is 5. The third-order valence-corrected chi connectivity index (χ3v) is 4.27. The fraction of sp³-hybridized carbons (Fsp3) is 0.200. The van der Waals surface area contributed by atoms with Gasteiger partial charge in [-0.3, -0.25) is 0 Å². The molecule has 0 amide bonds. The Morgan fingerprint density at radius 3 is 2.37 bits per heavy atom. The Kier molecular flexibility index (Phi) is 3.87. The number of pyridine rings is 1. The molecule has 0 fully saturated rings. The van der Waals surface area contributed by atoms with Crippen LogP contribution in [0.5, 0.6) is 0 Å². The van der Waals surface area contributed by atoms with E-state index in [1.165, 1.54) is 6.07 Å². The van der Waals surface area contributed by atoms with Gasteiger partial charge in [0.2, 0.25) is 11.9 Å². The maximum absolute atomic E-state index is 13.7.